The number of esters is 1. The average Bonchev–Trinajstić information content (AvgIpc) is 2.37. The van der Waals surface area contributed by atoms with Gasteiger partial charge in [-0.05, 0) is 0 Å². The first-order chi connectivity index (χ1) is 8.08. The Kier molecular flexibility index (Phi) is 4.38. The molecule has 0 aliphatic heterocycles. The van der Waals surface area contributed by atoms with Gasteiger partial charge >= 0.3 is 5.97 Å². The number of carbonyl (C=O) groups is 2. The topological polar surface area (TPSA) is 84.4 Å². The van der Waals surface area contributed by atoms with Crippen molar-refractivity contribution >= 4 is 17.7 Å². The Morgan fingerprint density at radius 2 is 2.18 bits per heavy atom. The molecular weight excluding hydrogens is 224 g/mol. The number of hydrogen-bond acceptors (Lipinski definition) is 6. The molecule has 1 amide bonds. The van der Waals surface area contributed by atoms with E-state index in [1.165, 1.54) is 19.5 Å². The van der Waals surface area contributed by atoms with E-state index in [-0.39, 0.29) is 18.1 Å². The second-order valence-corrected chi connectivity index (χ2v) is 3.28. The van der Waals surface area contributed by atoms with Crippen molar-refractivity contribution in [2.24, 2.45) is 0 Å². The zero-order valence-electron chi connectivity index (χ0n) is 9.93. The summed E-state index contributed by atoms with van der Waals surface area (Å²) in [5.41, 5.74) is 0.105. The lowest BCUT2D eigenvalue weighted by atomic mass is 10.4. The number of anilines is 1. The maximum absolute atomic E-state index is 11.2. The lowest BCUT2D eigenvalue weighted by molar-refractivity contribution is -0.119. The quantitative estimate of drug-likeness (QED) is 0.708. The maximum Gasteiger partial charge on any atom is 0.358 e. The molecule has 0 aromatic carbocycles. The minimum Gasteiger partial charge on any atom is -0.464 e. The molecule has 0 unspecified atom stereocenters. The van der Waals surface area contributed by atoms with Crippen LogP contribution < -0.4 is 10.2 Å². The van der Waals surface area contributed by atoms with Crippen LogP contribution in [-0.4, -0.2) is 49.6 Å². The van der Waals surface area contributed by atoms with Crippen molar-refractivity contribution in [1.82, 2.24) is 15.3 Å². The Bertz CT molecular complexity index is 422. The fourth-order valence-corrected chi connectivity index (χ4v) is 1.12. The highest BCUT2D eigenvalue weighted by atomic mass is 16.5. The van der Waals surface area contributed by atoms with Crippen molar-refractivity contribution in [2.45, 2.75) is 0 Å². The van der Waals surface area contributed by atoms with E-state index in [1.807, 2.05) is 0 Å². The third-order valence-electron chi connectivity index (χ3n) is 2.07. The molecule has 0 atom stereocenters. The Hall–Kier alpha value is -2.18. The SMILES string of the molecule is CNC(=O)CN(C)c1cncc(C(=O)OC)n1. The number of likely N-dealkylation sites (N-methyl/N-ethyl adjacent to an activating group) is 2. The third kappa shape index (κ3) is 3.40. The molecule has 0 saturated heterocycles. The van der Waals surface area contributed by atoms with Gasteiger partial charge in [-0.2, -0.15) is 0 Å². The highest BCUT2D eigenvalue weighted by Gasteiger charge is 2.12. The number of amides is 1. The van der Waals surface area contributed by atoms with Gasteiger partial charge in [-0.3, -0.25) is 9.78 Å². The zero-order valence-corrected chi connectivity index (χ0v) is 9.93. The van der Waals surface area contributed by atoms with Crippen molar-refractivity contribution in [2.75, 3.05) is 32.6 Å². The first kappa shape index (κ1) is 12.9. The van der Waals surface area contributed by atoms with Crippen molar-refractivity contribution in [3.63, 3.8) is 0 Å². The summed E-state index contributed by atoms with van der Waals surface area (Å²) in [6.07, 6.45) is 2.78. The molecule has 0 radical (unpaired) electrons. The summed E-state index contributed by atoms with van der Waals surface area (Å²) in [5, 5.41) is 2.49. The summed E-state index contributed by atoms with van der Waals surface area (Å²) in [6.45, 7) is 0.135. The van der Waals surface area contributed by atoms with Crippen LogP contribution in [0.15, 0.2) is 12.4 Å². The number of ether oxygens (including phenoxy) is 1. The standard InChI is InChI=1S/C10H14N4O3/c1-11-9(15)6-14(2)8-5-12-4-7(13-8)10(16)17-3/h4-5H,6H2,1-3H3,(H,11,15). The fraction of sp³-hybridized carbons (Fsp3) is 0.400. The smallest absolute Gasteiger partial charge is 0.358 e. The molecular formula is C10H14N4O3. The maximum atomic E-state index is 11.2. The number of rotatable bonds is 4. The number of methoxy groups -OCH3 is 1. The molecule has 17 heavy (non-hydrogen) atoms. The van der Waals surface area contributed by atoms with Gasteiger partial charge in [0, 0.05) is 14.1 Å². The van der Waals surface area contributed by atoms with Crippen molar-refractivity contribution in [3.05, 3.63) is 18.1 Å². The summed E-state index contributed by atoms with van der Waals surface area (Å²) in [6, 6.07) is 0. The lowest BCUT2D eigenvalue weighted by Crippen LogP contribution is -2.33. The number of nitrogens with one attached hydrogen (secondary N) is 1. The van der Waals surface area contributed by atoms with Crippen LogP contribution in [-0.2, 0) is 9.53 Å². The number of hydrogen-bond donors (Lipinski definition) is 1. The number of carbonyl (C=O) groups excluding carboxylic acids is 2. The summed E-state index contributed by atoms with van der Waals surface area (Å²) >= 11 is 0. The molecule has 0 fully saturated rings. The highest BCUT2D eigenvalue weighted by Crippen LogP contribution is 2.07. The van der Waals surface area contributed by atoms with Crippen LogP contribution in [0, 0.1) is 0 Å². The number of aromatic nitrogens is 2. The predicted octanol–water partition coefficient (Wildman–Crippen LogP) is -0.555. The fourth-order valence-electron chi connectivity index (χ4n) is 1.12. The van der Waals surface area contributed by atoms with Crippen LogP contribution >= 0.6 is 0 Å². The molecule has 0 saturated carbocycles. The molecule has 0 spiro atoms. The Labute approximate surface area is 98.8 Å². The van der Waals surface area contributed by atoms with E-state index in [4.69, 9.17) is 0 Å². The Balaban J connectivity index is 2.84. The van der Waals surface area contributed by atoms with Crippen molar-refractivity contribution in [3.8, 4) is 0 Å². The van der Waals surface area contributed by atoms with E-state index in [2.05, 4.69) is 20.0 Å². The van der Waals surface area contributed by atoms with Gasteiger partial charge in [-0.25, -0.2) is 9.78 Å². The van der Waals surface area contributed by atoms with Gasteiger partial charge < -0.3 is 15.0 Å². The second-order valence-electron chi connectivity index (χ2n) is 3.28. The van der Waals surface area contributed by atoms with Crippen LogP contribution in [0.2, 0.25) is 0 Å². The summed E-state index contributed by atoms with van der Waals surface area (Å²) in [7, 11) is 4.50. The molecule has 1 rings (SSSR count). The van der Waals surface area contributed by atoms with Crippen LogP contribution in [0.25, 0.3) is 0 Å². The number of nitrogens with zero attached hydrogens (tertiary/aromatic N) is 3. The van der Waals surface area contributed by atoms with E-state index in [0.29, 0.717) is 5.82 Å². The van der Waals surface area contributed by atoms with E-state index < -0.39 is 5.97 Å². The van der Waals surface area contributed by atoms with Gasteiger partial charge in [-0.15, -0.1) is 0 Å². The van der Waals surface area contributed by atoms with E-state index in [1.54, 1.807) is 19.0 Å². The second kappa shape index (κ2) is 5.78. The van der Waals surface area contributed by atoms with Crippen molar-refractivity contribution in [1.29, 1.82) is 0 Å². The first-order valence-electron chi connectivity index (χ1n) is 4.90. The molecule has 1 heterocycles. The minimum absolute atomic E-state index is 0.105. The van der Waals surface area contributed by atoms with E-state index in [9.17, 15) is 9.59 Å². The van der Waals surface area contributed by atoms with Gasteiger partial charge in [0.15, 0.2) is 5.69 Å². The van der Waals surface area contributed by atoms with Gasteiger partial charge in [0.25, 0.3) is 0 Å². The van der Waals surface area contributed by atoms with Gasteiger partial charge in [-0.1, -0.05) is 0 Å². The Morgan fingerprint density at radius 3 is 2.76 bits per heavy atom. The third-order valence-corrected chi connectivity index (χ3v) is 2.07. The monoisotopic (exact) mass is 238 g/mol. The minimum atomic E-state index is -0.562. The van der Waals surface area contributed by atoms with Crippen LogP contribution in [0.4, 0.5) is 5.82 Å². The van der Waals surface area contributed by atoms with Crippen molar-refractivity contribution < 1.29 is 14.3 Å². The predicted molar refractivity (Wildman–Crippen MR) is 60.7 cm³/mol. The van der Waals surface area contributed by atoms with Gasteiger partial charge in [0.1, 0.15) is 5.82 Å². The van der Waals surface area contributed by atoms with Gasteiger partial charge in [0.2, 0.25) is 5.91 Å². The largest absolute Gasteiger partial charge is 0.464 e. The molecule has 0 bridgehead atoms. The van der Waals surface area contributed by atoms with E-state index >= 15 is 0 Å². The average molecular weight is 238 g/mol. The lowest BCUT2D eigenvalue weighted by Gasteiger charge is -2.16. The zero-order chi connectivity index (χ0) is 12.8. The summed E-state index contributed by atoms with van der Waals surface area (Å²) in [4.78, 5) is 31.9. The van der Waals surface area contributed by atoms with Crippen LogP contribution in [0.5, 0.6) is 0 Å². The van der Waals surface area contributed by atoms with Gasteiger partial charge in [0.05, 0.1) is 26.0 Å². The van der Waals surface area contributed by atoms with Crippen LogP contribution in [0.3, 0.4) is 0 Å². The molecule has 7 nitrogen and oxygen atoms in total. The molecule has 7 heteroatoms. The van der Waals surface area contributed by atoms with E-state index in [0.717, 1.165) is 0 Å². The summed E-state index contributed by atoms with van der Waals surface area (Å²) < 4.78 is 4.53. The molecule has 0 aliphatic rings. The summed E-state index contributed by atoms with van der Waals surface area (Å²) in [5.74, 6) is -0.290. The Morgan fingerprint density at radius 1 is 1.47 bits per heavy atom. The molecule has 92 valence electrons. The highest BCUT2D eigenvalue weighted by molar-refractivity contribution is 5.87. The van der Waals surface area contributed by atoms with Crippen LogP contribution in [0.1, 0.15) is 10.5 Å². The molecule has 0 aliphatic carbocycles. The normalized spacial score (nSPS) is 9.59. The molecule has 1 N–H and O–H groups in total. The first-order valence-corrected chi connectivity index (χ1v) is 4.90. The molecule has 1 aromatic rings. The molecule has 1 aromatic heterocycles.